The zero-order chi connectivity index (χ0) is 29.2. The molecule has 2 aliphatic rings. The molecule has 0 radical (unpaired) electrons. The Hall–Kier alpha value is -3.74. The molecule has 0 spiro atoms. The standard InChI is InChI=1S/C14H18N4O3S.C7H6F2.C3H4O2.C3H6/c1-20-14(19)10-8-16-12(13-15-2-7-22-13)17-11(10)9-18-3-5-21-6-4-18;1-5-3-2-4-6(8)7(5)9;1-2-3(4)5;1-3-2/h2,7H,3-6,8-9H2,1H3,(H,16,17);2-4H,1H3;2H,1H2,(H,4,5);3H,1H2,2H3. The topological polar surface area (TPSA) is 113 Å². The van der Waals surface area contributed by atoms with E-state index < -0.39 is 17.6 Å². The number of benzene rings is 1. The average Bonchev–Trinajstić information content (AvgIpc) is 3.48. The summed E-state index contributed by atoms with van der Waals surface area (Å²) >= 11 is 1.52. The number of thiazole rings is 1. The number of methoxy groups -OCH3 is 1. The van der Waals surface area contributed by atoms with E-state index in [0.717, 1.165) is 35.9 Å². The molecule has 1 saturated heterocycles. The summed E-state index contributed by atoms with van der Waals surface area (Å²) in [6.45, 7) is 13.8. The number of nitrogens with zero attached hydrogens (tertiary/aromatic N) is 3. The lowest BCUT2D eigenvalue weighted by Crippen LogP contribution is -2.42. The number of carboxylic acids is 1. The molecule has 2 aliphatic heterocycles. The second-order valence-electron chi connectivity index (χ2n) is 7.79. The van der Waals surface area contributed by atoms with Gasteiger partial charge in [0.1, 0.15) is 0 Å². The van der Waals surface area contributed by atoms with E-state index in [9.17, 15) is 18.4 Å². The smallest absolute Gasteiger partial charge is 0.337 e. The van der Waals surface area contributed by atoms with Crippen molar-refractivity contribution in [2.24, 2.45) is 4.99 Å². The molecule has 9 nitrogen and oxygen atoms in total. The van der Waals surface area contributed by atoms with Gasteiger partial charge >= 0.3 is 11.9 Å². The first kappa shape index (κ1) is 33.3. The van der Waals surface area contributed by atoms with Crippen molar-refractivity contribution in [3.63, 3.8) is 0 Å². The highest BCUT2D eigenvalue weighted by Crippen LogP contribution is 2.16. The van der Waals surface area contributed by atoms with Crippen molar-refractivity contribution in [3.8, 4) is 0 Å². The number of rotatable bonds is 5. The number of carboxylic acid groups (broad SMARTS) is 1. The molecule has 2 N–H and O–H groups in total. The second-order valence-corrected chi connectivity index (χ2v) is 8.68. The first-order valence-electron chi connectivity index (χ1n) is 11.8. The lowest BCUT2D eigenvalue weighted by molar-refractivity contribution is -0.136. The zero-order valence-corrected chi connectivity index (χ0v) is 23.1. The van der Waals surface area contributed by atoms with Crippen molar-refractivity contribution in [2.45, 2.75) is 13.8 Å². The van der Waals surface area contributed by atoms with Crippen LogP contribution in [0.25, 0.3) is 0 Å². The van der Waals surface area contributed by atoms with Crippen LogP contribution in [-0.4, -0.2) is 79.3 Å². The molecule has 1 fully saturated rings. The molecule has 0 amide bonds. The van der Waals surface area contributed by atoms with Crippen molar-refractivity contribution in [1.29, 1.82) is 0 Å². The normalized spacial score (nSPS) is 14.4. The molecular weight excluding hydrogens is 530 g/mol. The van der Waals surface area contributed by atoms with Crippen LogP contribution in [0.1, 0.15) is 17.5 Å². The number of hydrogen-bond acceptors (Lipinski definition) is 9. The van der Waals surface area contributed by atoms with Crippen LogP contribution >= 0.6 is 11.3 Å². The van der Waals surface area contributed by atoms with E-state index in [-0.39, 0.29) is 5.97 Å². The minimum Gasteiger partial charge on any atom is -0.478 e. The maximum Gasteiger partial charge on any atom is 0.337 e. The summed E-state index contributed by atoms with van der Waals surface area (Å²) in [4.78, 5) is 32.1. The molecule has 2 aromatic rings. The number of nitrogens with one attached hydrogen (secondary N) is 1. The Morgan fingerprint density at radius 2 is 1.92 bits per heavy atom. The molecule has 1 aromatic heterocycles. The molecule has 212 valence electrons. The van der Waals surface area contributed by atoms with Crippen LogP contribution in [0.4, 0.5) is 8.78 Å². The number of morpholine rings is 1. The van der Waals surface area contributed by atoms with E-state index >= 15 is 0 Å². The molecule has 0 unspecified atom stereocenters. The molecule has 4 rings (SSSR count). The van der Waals surface area contributed by atoms with E-state index in [2.05, 4.69) is 33.4 Å². The van der Waals surface area contributed by atoms with Crippen LogP contribution in [0.3, 0.4) is 0 Å². The third-order valence-corrected chi connectivity index (χ3v) is 5.68. The van der Waals surface area contributed by atoms with Gasteiger partial charge in [-0.1, -0.05) is 24.8 Å². The highest BCUT2D eigenvalue weighted by Gasteiger charge is 2.25. The number of aromatic nitrogens is 1. The van der Waals surface area contributed by atoms with E-state index in [0.29, 0.717) is 43.3 Å². The number of aliphatic carboxylic acids is 1. The van der Waals surface area contributed by atoms with Gasteiger partial charge < -0.3 is 19.9 Å². The Morgan fingerprint density at radius 3 is 2.41 bits per heavy atom. The molecule has 39 heavy (non-hydrogen) atoms. The highest BCUT2D eigenvalue weighted by molar-refractivity contribution is 7.11. The summed E-state index contributed by atoms with van der Waals surface area (Å²) in [5.74, 6) is -2.14. The van der Waals surface area contributed by atoms with Crippen molar-refractivity contribution in [3.05, 3.63) is 88.6 Å². The summed E-state index contributed by atoms with van der Waals surface area (Å²) in [5, 5.41) is 13.6. The molecule has 12 heteroatoms. The second kappa shape index (κ2) is 18.5. The van der Waals surface area contributed by atoms with Crippen LogP contribution in [0.15, 0.2) is 71.3 Å². The van der Waals surface area contributed by atoms with Gasteiger partial charge in [0, 0.05) is 43.0 Å². The Morgan fingerprint density at radius 1 is 1.28 bits per heavy atom. The van der Waals surface area contributed by atoms with Crippen LogP contribution < -0.4 is 5.32 Å². The zero-order valence-electron chi connectivity index (χ0n) is 22.3. The number of amidine groups is 1. The van der Waals surface area contributed by atoms with Crippen LogP contribution in [0, 0.1) is 18.6 Å². The number of hydrogen-bond donors (Lipinski definition) is 2. The molecule has 0 atom stereocenters. The van der Waals surface area contributed by atoms with E-state index in [1.54, 1.807) is 12.3 Å². The first-order chi connectivity index (χ1) is 18.7. The first-order valence-corrected chi connectivity index (χ1v) is 12.7. The Kier molecular flexibility index (Phi) is 15.8. The van der Waals surface area contributed by atoms with Crippen molar-refractivity contribution >= 4 is 29.1 Å². The summed E-state index contributed by atoms with van der Waals surface area (Å²) in [5.41, 5.74) is 1.76. The summed E-state index contributed by atoms with van der Waals surface area (Å²) in [6, 6.07) is 4.11. The van der Waals surface area contributed by atoms with Crippen LogP contribution in [0.2, 0.25) is 0 Å². The predicted molar refractivity (Wildman–Crippen MR) is 148 cm³/mol. The highest BCUT2D eigenvalue weighted by atomic mass is 32.1. The van der Waals surface area contributed by atoms with Gasteiger partial charge in [-0.05, 0) is 25.5 Å². The minimum absolute atomic E-state index is 0.314. The number of aryl methyl sites for hydroxylation is 1. The Bertz CT molecular complexity index is 1130. The predicted octanol–water partition coefficient (Wildman–Crippen LogP) is 3.97. The van der Waals surface area contributed by atoms with Crippen molar-refractivity contribution in [1.82, 2.24) is 15.2 Å². The molecule has 1 aromatic carbocycles. The molecule has 0 bridgehead atoms. The summed E-state index contributed by atoms with van der Waals surface area (Å²) < 4.78 is 34.8. The van der Waals surface area contributed by atoms with E-state index in [1.165, 1.54) is 37.5 Å². The Balaban J connectivity index is 0.000000368. The number of carbonyl (C=O) groups is 2. The largest absolute Gasteiger partial charge is 0.478 e. The van der Waals surface area contributed by atoms with Crippen molar-refractivity contribution < 1.29 is 33.0 Å². The minimum atomic E-state index is -0.981. The summed E-state index contributed by atoms with van der Waals surface area (Å²) in [7, 11) is 1.39. The van der Waals surface area contributed by atoms with Gasteiger partial charge in [-0.25, -0.2) is 23.4 Å². The maximum atomic E-state index is 12.4. The van der Waals surface area contributed by atoms with E-state index in [4.69, 9.17) is 14.6 Å². The van der Waals surface area contributed by atoms with Gasteiger partial charge in [0.15, 0.2) is 22.5 Å². The molecule has 0 aliphatic carbocycles. The third-order valence-electron chi connectivity index (χ3n) is 4.90. The number of allylic oxidation sites excluding steroid dienone is 1. The number of halogens is 2. The summed E-state index contributed by atoms with van der Waals surface area (Å²) in [6.07, 6.45) is 4.32. The quantitative estimate of drug-likeness (QED) is 0.319. The van der Waals surface area contributed by atoms with Crippen LogP contribution in [0.5, 0.6) is 0 Å². The van der Waals surface area contributed by atoms with E-state index in [1.807, 2.05) is 12.3 Å². The lowest BCUT2D eigenvalue weighted by atomic mass is 10.1. The van der Waals surface area contributed by atoms with Gasteiger partial charge in [-0.2, -0.15) is 0 Å². The Labute approximate surface area is 231 Å². The lowest BCUT2D eigenvalue weighted by Gasteiger charge is -2.29. The van der Waals surface area contributed by atoms with Gasteiger partial charge in [0.05, 0.1) is 32.4 Å². The number of carbonyl (C=O) groups excluding carboxylic acids is 1. The third kappa shape index (κ3) is 12.1. The van der Waals surface area contributed by atoms with Gasteiger partial charge in [-0.15, -0.1) is 17.9 Å². The van der Waals surface area contributed by atoms with Gasteiger partial charge in [0.25, 0.3) is 0 Å². The fraction of sp³-hybridized carbons (Fsp3) is 0.333. The number of esters is 1. The fourth-order valence-corrected chi connectivity index (χ4v) is 3.61. The monoisotopic (exact) mass is 564 g/mol. The number of aliphatic imine (C=N–C) groups is 1. The van der Waals surface area contributed by atoms with Gasteiger partial charge in [-0.3, -0.25) is 9.89 Å². The molecule has 3 heterocycles. The fourth-order valence-electron chi connectivity index (χ4n) is 3.01. The SMILES string of the molecule is C=CC.C=CC(=O)O.COC(=O)C1=C(CN2CCOCC2)NC(c2nccs2)=NC1.Cc1cccc(F)c1F. The number of ether oxygens (including phenoxy) is 2. The molecule has 0 saturated carbocycles. The average molecular weight is 565 g/mol. The maximum absolute atomic E-state index is 12.4. The molecular formula is C27H34F2N4O5S. The van der Waals surface area contributed by atoms with Crippen molar-refractivity contribution in [2.75, 3.05) is 46.5 Å². The van der Waals surface area contributed by atoms with Gasteiger partial charge in [0.2, 0.25) is 0 Å². The van der Waals surface area contributed by atoms with Crippen LogP contribution in [-0.2, 0) is 19.1 Å².